The van der Waals surface area contributed by atoms with Crippen molar-refractivity contribution in [2.24, 2.45) is 0 Å². The molecule has 0 amide bonds. The van der Waals surface area contributed by atoms with E-state index < -0.39 is 18.1 Å². The van der Waals surface area contributed by atoms with Crippen molar-refractivity contribution >= 4 is 11.7 Å². The topological polar surface area (TPSA) is 69.6 Å². The average molecular weight is 193 g/mol. The molecule has 0 radical (unpaired) electrons. The summed E-state index contributed by atoms with van der Waals surface area (Å²) in [4.78, 5) is 11.0. The maximum atomic E-state index is 11.0. The van der Waals surface area contributed by atoms with Crippen LogP contribution in [-0.4, -0.2) is 28.3 Å². The number of aliphatic carboxylic acids is 1. The summed E-state index contributed by atoms with van der Waals surface area (Å²) in [7, 11) is 0. The molecular formula is C10H11NO3. The van der Waals surface area contributed by atoms with Gasteiger partial charge in [0.15, 0.2) is 5.54 Å². The van der Waals surface area contributed by atoms with E-state index in [2.05, 4.69) is 5.32 Å². The van der Waals surface area contributed by atoms with Crippen LogP contribution in [0.5, 0.6) is 0 Å². The third kappa shape index (κ3) is 1.15. The van der Waals surface area contributed by atoms with Gasteiger partial charge in [-0.15, -0.1) is 0 Å². The van der Waals surface area contributed by atoms with Gasteiger partial charge in [-0.2, -0.15) is 0 Å². The number of carbonyl (C=O) groups is 1. The fourth-order valence-electron chi connectivity index (χ4n) is 1.72. The van der Waals surface area contributed by atoms with Crippen molar-refractivity contribution in [3.8, 4) is 0 Å². The molecule has 74 valence electrons. The molecule has 0 saturated carbocycles. The number of carboxylic acids is 1. The number of carboxylic acid groups (broad SMARTS) is 1. The molecule has 0 bridgehead atoms. The van der Waals surface area contributed by atoms with Gasteiger partial charge in [0, 0.05) is 12.1 Å². The molecular weight excluding hydrogens is 182 g/mol. The Bertz CT molecular complexity index is 350. The number of nitrogens with one attached hydrogen (secondary N) is 1. The third-order valence-corrected chi connectivity index (χ3v) is 2.56. The maximum absolute atomic E-state index is 11.0. The second-order valence-corrected chi connectivity index (χ2v) is 3.50. The molecule has 1 aliphatic heterocycles. The third-order valence-electron chi connectivity index (χ3n) is 2.56. The zero-order chi connectivity index (χ0) is 10.2. The number of aliphatic hydroxyl groups excluding tert-OH is 1. The lowest BCUT2D eigenvalue weighted by Crippen LogP contribution is -2.48. The van der Waals surface area contributed by atoms with Crippen molar-refractivity contribution in [2.45, 2.75) is 12.0 Å². The summed E-state index contributed by atoms with van der Waals surface area (Å²) < 4.78 is 0. The molecule has 0 spiro atoms. The van der Waals surface area contributed by atoms with Crippen LogP contribution in [0.1, 0.15) is 5.56 Å². The molecule has 1 aromatic carbocycles. The summed E-state index contributed by atoms with van der Waals surface area (Å²) in [5, 5.41) is 21.0. The Morgan fingerprint density at radius 3 is 2.79 bits per heavy atom. The van der Waals surface area contributed by atoms with E-state index in [1.165, 1.54) is 0 Å². The maximum Gasteiger partial charge on any atom is 0.332 e. The molecule has 0 saturated heterocycles. The highest BCUT2D eigenvalue weighted by molar-refractivity contribution is 5.86. The largest absolute Gasteiger partial charge is 0.479 e. The van der Waals surface area contributed by atoms with Crippen molar-refractivity contribution < 1.29 is 15.0 Å². The van der Waals surface area contributed by atoms with Gasteiger partial charge in [0.05, 0.1) is 6.61 Å². The highest BCUT2D eigenvalue weighted by atomic mass is 16.4. The quantitative estimate of drug-likeness (QED) is 0.638. The molecule has 0 aliphatic carbocycles. The van der Waals surface area contributed by atoms with Gasteiger partial charge in [0.25, 0.3) is 0 Å². The molecule has 1 heterocycles. The number of anilines is 1. The number of fused-ring (bicyclic) bond motifs is 1. The van der Waals surface area contributed by atoms with Gasteiger partial charge in [-0.05, 0) is 11.6 Å². The number of hydrogen-bond acceptors (Lipinski definition) is 3. The van der Waals surface area contributed by atoms with E-state index in [1.54, 1.807) is 0 Å². The van der Waals surface area contributed by atoms with Gasteiger partial charge in [-0.3, -0.25) is 0 Å². The highest BCUT2D eigenvalue weighted by Crippen LogP contribution is 2.32. The predicted molar refractivity (Wildman–Crippen MR) is 51.2 cm³/mol. The summed E-state index contributed by atoms with van der Waals surface area (Å²) in [6.45, 7) is -0.406. The van der Waals surface area contributed by atoms with Crippen molar-refractivity contribution in [3.05, 3.63) is 29.8 Å². The van der Waals surface area contributed by atoms with Gasteiger partial charge >= 0.3 is 5.97 Å². The zero-order valence-electron chi connectivity index (χ0n) is 7.53. The Labute approximate surface area is 81.2 Å². The number of benzene rings is 1. The Kier molecular flexibility index (Phi) is 1.93. The zero-order valence-corrected chi connectivity index (χ0v) is 7.53. The Morgan fingerprint density at radius 2 is 2.21 bits per heavy atom. The molecule has 1 atom stereocenters. The van der Waals surface area contributed by atoms with Crippen LogP contribution in [0.3, 0.4) is 0 Å². The van der Waals surface area contributed by atoms with Gasteiger partial charge < -0.3 is 15.5 Å². The fraction of sp³-hybridized carbons (Fsp3) is 0.300. The molecule has 1 aliphatic rings. The summed E-state index contributed by atoms with van der Waals surface area (Å²) >= 11 is 0. The van der Waals surface area contributed by atoms with Crippen molar-refractivity contribution in [1.82, 2.24) is 0 Å². The molecule has 0 aromatic heterocycles. The van der Waals surface area contributed by atoms with E-state index in [-0.39, 0.29) is 0 Å². The van der Waals surface area contributed by atoms with Crippen LogP contribution < -0.4 is 5.32 Å². The first-order valence-electron chi connectivity index (χ1n) is 4.38. The van der Waals surface area contributed by atoms with Gasteiger partial charge in [-0.25, -0.2) is 4.79 Å². The number of hydrogen-bond donors (Lipinski definition) is 3. The van der Waals surface area contributed by atoms with E-state index in [0.29, 0.717) is 6.42 Å². The molecule has 4 nitrogen and oxygen atoms in total. The first kappa shape index (κ1) is 9.02. The van der Waals surface area contributed by atoms with Crippen LogP contribution in [0.25, 0.3) is 0 Å². The smallest absolute Gasteiger partial charge is 0.332 e. The highest BCUT2D eigenvalue weighted by Gasteiger charge is 2.43. The SMILES string of the molecule is O=C(O)C1(CO)Cc2ccccc2N1. The lowest BCUT2D eigenvalue weighted by Gasteiger charge is -2.21. The molecule has 3 N–H and O–H groups in total. The second-order valence-electron chi connectivity index (χ2n) is 3.50. The summed E-state index contributed by atoms with van der Waals surface area (Å²) in [6, 6.07) is 7.37. The first-order valence-corrected chi connectivity index (χ1v) is 4.38. The molecule has 4 heteroatoms. The summed E-state index contributed by atoms with van der Waals surface area (Å²) in [6.07, 6.45) is 0.328. The normalized spacial score (nSPS) is 24.1. The number of para-hydroxylation sites is 1. The van der Waals surface area contributed by atoms with Crippen molar-refractivity contribution in [1.29, 1.82) is 0 Å². The molecule has 1 aromatic rings. The summed E-state index contributed by atoms with van der Waals surface area (Å²) in [5.41, 5.74) is 0.497. The minimum atomic E-state index is -1.23. The minimum absolute atomic E-state index is 0.328. The Balaban J connectivity index is 2.37. The monoisotopic (exact) mass is 193 g/mol. The molecule has 0 fully saturated rings. The van der Waals surface area contributed by atoms with Gasteiger partial charge in [0.2, 0.25) is 0 Å². The van der Waals surface area contributed by atoms with Crippen LogP contribution in [0, 0.1) is 0 Å². The predicted octanol–water partition coefficient (Wildman–Crippen LogP) is 0.470. The molecule has 1 unspecified atom stereocenters. The van der Waals surface area contributed by atoms with E-state index >= 15 is 0 Å². The Hall–Kier alpha value is -1.55. The van der Waals surface area contributed by atoms with Gasteiger partial charge in [-0.1, -0.05) is 18.2 Å². The van der Waals surface area contributed by atoms with Crippen molar-refractivity contribution in [2.75, 3.05) is 11.9 Å². The van der Waals surface area contributed by atoms with Crippen LogP contribution in [-0.2, 0) is 11.2 Å². The lowest BCUT2D eigenvalue weighted by molar-refractivity contribution is -0.143. The Morgan fingerprint density at radius 1 is 1.50 bits per heavy atom. The summed E-state index contributed by atoms with van der Waals surface area (Å²) in [5.74, 6) is -1.02. The van der Waals surface area contributed by atoms with Crippen LogP contribution in [0.4, 0.5) is 5.69 Å². The van der Waals surface area contributed by atoms with Crippen molar-refractivity contribution in [3.63, 3.8) is 0 Å². The van der Waals surface area contributed by atoms with Crippen LogP contribution in [0.15, 0.2) is 24.3 Å². The molecule has 2 rings (SSSR count). The standard InChI is InChI=1S/C10H11NO3/c12-6-10(9(13)14)5-7-3-1-2-4-8(7)11-10/h1-4,11-12H,5-6H2,(H,13,14). The molecule has 14 heavy (non-hydrogen) atoms. The number of aliphatic hydroxyl groups is 1. The van der Waals surface area contributed by atoms with E-state index in [0.717, 1.165) is 11.3 Å². The van der Waals surface area contributed by atoms with Crippen LogP contribution in [0.2, 0.25) is 0 Å². The van der Waals surface area contributed by atoms with E-state index in [4.69, 9.17) is 10.2 Å². The fourth-order valence-corrected chi connectivity index (χ4v) is 1.72. The second kappa shape index (κ2) is 2.99. The van der Waals surface area contributed by atoms with Crippen LogP contribution >= 0.6 is 0 Å². The van der Waals surface area contributed by atoms with E-state index in [1.807, 2.05) is 24.3 Å². The first-order chi connectivity index (χ1) is 6.68. The number of rotatable bonds is 2. The van der Waals surface area contributed by atoms with E-state index in [9.17, 15) is 4.79 Å². The lowest BCUT2D eigenvalue weighted by atomic mass is 9.97. The minimum Gasteiger partial charge on any atom is -0.479 e. The van der Waals surface area contributed by atoms with Gasteiger partial charge in [0.1, 0.15) is 0 Å². The average Bonchev–Trinajstić information content (AvgIpc) is 2.57.